The molecule has 0 spiro atoms. The number of hydrogen-bond donors (Lipinski definition) is 1. The number of rotatable bonds is 8. The number of carbonyl (C=O) groups excluding carboxylic acids is 1. The first-order chi connectivity index (χ1) is 11.8. The van der Waals surface area contributed by atoms with E-state index in [1.165, 1.54) is 16.3 Å². The third-order valence-electron chi connectivity index (χ3n) is 4.35. The average molecular weight is 327 g/mol. The molecule has 3 rings (SSSR count). The topological polar surface area (TPSA) is 47.6 Å². The van der Waals surface area contributed by atoms with Crippen molar-refractivity contribution in [3.63, 3.8) is 0 Å². The number of hydrogen-bond acceptors (Lipinski definition) is 3. The van der Waals surface area contributed by atoms with Gasteiger partial charge in [-0.2, -0.15) is 0 Å². The first-order valence-electron chi connectivity index (χ1n) is 8.75. The predicted molar refractivity (Wildman–Crippen MR) is 95.1 cm³/mol. The Morgan fingerprint density at radius 1 is 1.21 bits per heavy atom. The van der Waals surface area contributed by atoms with Crippen LogP contribution >= 0.6 is 0 Å². The van der Waals surface area contributed by atoms with Crippen molar-refractivity contribution in [2.45, 2.75) is 31.8 Å². The standard InChI is InChI=1S/C20H25NO3/c22-20(10-13-23-15-19-6-3-12-24-19)21-11-9-16-7-8-17-4-1-2-5-18(17)14-16/h1-2,4-5,7-8,14,19H,3,6,9-13,15H2,(H,21,22). The van der Waals surface area contributed by atoms with E-state index in [4.69, 9.17) is 9.47 Å². The highest BCUT2D eigenvalue weighted by molar-refractivity contribution is 5.83. The van der Waals surface area contributed by atoms with Crippen LogP contribution in [0.25, 0.3) is 10.8 Å². The fourth-order valence-corrected chi connectivity index (χ4v) is 2.98. The van der Waals surface area contributed by atoms with E-state index in [0.29, 0.717) is 26.2 Å². The second-order valence-electron chi connectivity index (χ2n) is 6.24. The van der Waals surface area contributed by atoms with Gasteiger partial charge in [0.2, 0.25) is 5.91 Å². The molecule has 1 saturated heterocycles. The van der Waals surface area contributed by atoms with Gasteiger partial charge in [-0.25, -0.2) is 0 Å². The molecule has 0 aliphatic carbocycles. The zero-order chi connectivity index (χ0) is 16.6. The van der Waals surface area contributed by atoms with E-state index in [-0.39, 0.29) is 12.0 Å². The summed E-state index contributed by atoms with van der Waals surface area (Å²) in [4.78, 5) is 11.8. The lowest BCUT2D eigenvalue weighted by atomic mass is 10.1. The van der Waals surface area contributed by atoms with E-state index in [1.807, 2.05) is 12.1 Å². The van der Waals surface area contributed by atoms with E-state index in [0.717, 1.165) is 25.9 Å². The lowest BCUT2D eigenvalue weighted by molar-refractivity contribution is -0.122. The summed E-state index contributed by atoms with van der Waals surface area (Å²) in [6.07, 6.45) is 3.65. The van der Waals surface area contributed by atoms with Crippen molar-refractivity contribution in [2.75, 3.05) is 26.4 Å². The van der Waals surface area contributed by atoms with Crippen molar-refractivity contribution in [3.05, 3.63) is 48.0 Å². The van der Waals surface area contributed by atoms with Gasteiger partial charge in [-0.3, -0.25) is 4.79 Å². The Morgan fingerprint density at radius 3 is 2.92 bits per heavy atom. The van der Waals surface area contributed by atoms with Crippen LogP contribution in [0.5, 0.6) is 0 Å². The van der Waals surface area contributed by atoms with Gasteiger partial charge in [-0.05, 0) is 35.6 Å². The number of nitrogens with one attached hydrogen (secondary N) is 1. The second-order valence-corrected chi connectivity index (χ2v) is 6.24. The van der Waals surface area contributed by atoms with Gasteiger partial charge in [0.15, 0.2) is 0 Å². The molecule has 1 amide bonds. The van der Waals surface area contributed by atoms with Gasteiger partial charge in [-0.1, -0.05) is 42.5 Å². The molecular formula is C20H25NO3. The van der Waals surface area contributed by atoms with Crippen LogP contribution in [0, 0.1) is 0 Å². The summed E-state index contributed by atoms with van der Waals surface area (Å²) in [6, 6.07) is 14.8. The van der Waals surface area contributed by atoms with Gasteiger partial charge >= 0.3 is 0 Å². The summed E-state index contributed by atoms with van der Waals surface area (Å²) in [6.45, 7) is 2.55. The maximum Gasteiger partial charge on any atom is 0.222 e. The van der Waals surface area contributed by atoms with Crippen LogP contribution in [0.1, 0.15) is 24.8 Å². The zero-order valence-electron chi connectivity index (χ0n) is 14.0. The van der Waals surface area contributed by atoms with E-state index in [2.05, 4.69) is 35.6 Å². The fourth-order valence-electron chi connectivity index (χ4n) is 2.98. The summed E-state index contributed by atoms with van der Waals surface area (Å²) >= 11 is 0. The van der Waals surface area contributed by atoms with E-state index in [9.17, 15) is 4.79 Å². The highest BCUT2D eigenvalue weighted by Gasteiger charge is 2.15. The molecule has 0 saturated carbocycles. The summed E-state index contributed by atoms with van der Waals surface area (Å²) in [7, 11) is 0. The highest BCUT2D eigenvalue weighted by atomic mass is 16.5. The smallest absolute Gasteiger partial charge is 0.222 e. The monoisotopic (exact) mass is 327 g/mol. The quantitative estimate of drug-likeness (QED) is 0.758. The van der Waals surface area contributed by atoms with Crippen molar-refractivity contribution < 1.29 is 14.3 Å². The molecule has 2 aromatic carbocycles. The largest absolute Gasteiger partial charge is 0.378 e. The van der Waals surface area contributed by atoms with Crippen LogP contribution in [0.2, 0.25) is 0 Å². The maximum atomic E-state index is 11.8. The molecule has 0 bridgehead atoms. The van der Waals surface area contributed by atoms with E-state index in [1.54, 1.807) is 0 Å². The molecule has 128 valence electrons. The van der Waals surface area contributed by atoms with Crippen molar-refractivity contribution in [1.29, 1.82) is 0 Å². The molecular weight excluding hydrogens is 302 g/mol. The van der Waals surface area contributed by atoms with Crippen LogP contribution in [0.3, 0.4) is 0 Å². The number of ether oxygens (including phenoxy) is 2. The SMILES string of the molecule is O=C(CCOCC1CCCO1)NCCc1ccc2ccccc2c1. The molecule has 1 atom stereocenters. The Morgan fingerprint density at radius 2 is 2.08 bits per heavy atom. The van der Waals surface area contributed by atoms with Crippen LogP contribution in [-0.2, 0) is 20.7 Å². The number of amides is 1. The van der Waals surface area contributed by atoms with Gasteiger partial charge in [0.05, 0.1) is 19.3 Å². The minimum atomic E-state index is 0.0446. The molecule has 4 nitrogen and oxygen atoms in total. The minimum absolute atomic E-state index is 0.0446. The van der Waals surface area contributed by atoms with Crippen molar-refractivity contribution in [1.82, 2.24) is 5.32 Å². The van der Waals surface area contributed by atoms with Gasteiger partial charge in [-0.15, -0.1) is 0 Å². The lowest BCUT2D eigenvalue weighted by Gasteiger charge is -2.10. The highest BCUT2D eigenvalue weighted by Crippen LogP contribution is 2.15. The Hall–Kier alpha value is -1.91. The zero-order valence-corrected chi connectivity index (χ0v) is 14.0. The second kappa shape index (κ2) is 8.81. The number of fused-ring (bicyclic) bond motifs is 1. The molecule has 1 unspecified atom stereocenters. The van der Waals surface area contributed by atoms with E-state index < -0.39 is 0 Å². The van der Waals surface area contributed by atoms with Crippen LogP contribution in [0.4, 0.5) is 0 Å². The molecule has 1 N–H and O–H groups in total. The fraction of sp³-hybridized carbons (Fsp3) is 0.450. The summed E-state index contributed by atoms with van der Waals surface area (Å²) < 4.78 is 11.0. The minimum Gasteiger partial charge on any atom is -0.378 e. The van der Waals surface area contributed by atoms with Crippen LogP contribution in [0.15, 0.2) is 42.5 Å². The summed E-state index contributed by atoms with van der Waals surface area (Å²) in [5.74, 6) is 0.0446. The molecule has 1 fully saturated rings. The van der Waals surface area contributed by atoms with Crippen LogP contribution in [-0.4, -0.2) is 38.4 Å². The van der Waals surface area contributed by atoms with Gasteiger partial charge < -0.3 is 14.8 Å². The molecule has 1 aliphatic rings. The summed E-state index contributed by atoms with van der Waals surface area (Å²) in [5, 5.41) is 5.44. The van der Waals surface area contributed by atoms with Gasteiger partial charge in [0, 0.05) is 19.6 Å². The van der Waals surface area contributed by atoms with E-state index >= 15 is 0 Å². The molecule has 1 aliphatic heterocycles. The Balaban J connectivity index is 1.32. The number of benzene rings is 2. The Bertz CT molecular complexity index is 665. The Kier molecular flexibility index (Phi) is 6.21. The predicted octanol–water partition coefficient (Wildman–Crippen LogP) is 3.08. The Labute approximate surface area is 143 Å². The van der Waals surface area contributed by atoms with Gasteiger partial charge in [0.25, 0.3) is 0 Å². The first kappa shape index (κ1) is 16.9. The molecule has 2 aromatic rings. The maximum absolute atomic E-state index is 11.8. The summed E-state index contributed by atoms with van der Waals surface area (Å²) in [5.41, 5.74) is 1.24. The molecule has 4 heteroatoms. The van der Waals surface area contributed by atoms with Gasteiger partial charge in [0.1, 0.15) is 0 Å². The lowest BCUT2D eigenvalue weighted by Crippen LogP contribution is -2.27. The van der Waals surface area contributed by atoms with Crippen molar-refractivity contribution in [3.8, 4) is 0 Å². The normalized spacial score (nSPS) is 17.2. The van der Waals surface area contributed by atoms with Crippen molar-refractivity contribution in [2.24, 2.45) is 0 Å². The van der Waals surface area contributed by atoms with Crippen molar-refractivity contribution >= 4 is 16.7 Å². The average Bonchev–Trinajstić information content (AvgIpc) is 3.12. The molecule has 24 heavy (non-hydrogen) atoms. The molecule has 0 aromatic heterocycles. The molecule has 0 radical (unpaired) electrons. The third kappa shape index (κ3) is 5.05. The molecule has 1 heterocycles. The van der Waals surface area contributed by atoms with Crippen LogP contribution < -0.4 is 5.32 Å². The first-order valence-corrected chi connectivity index (χ1v) is 8.75. The third-order valence-corrected chi connectivity index (χ3v) is 4.35. The number of carbonyl (C=O) groups is 1.